The summed E-state index contributed by atoms with van der Waals surface area (Å²) >= 11 is 0. The number of carboxylic acids is 1. The highest BCUT2D eigenvalue weighted by Crippen LogP contribution is 2.36. The smallest absolute Gasteiger partial charge is 0.337 e. The third-order valence-corrected chi connectivity index (χ3v) is 4.15. The fraction of sp³-hybridized carbons (Fsp3) is 0.400. The van der Waals surface area contributed by atoms with Crippen LogP contribution >= 0.6 is 0 Å². The van der Waals surface area contributed by atoms with E-state index in [1.165, 1.54) is 12.1 Å². The first-order chi connectivity index (χ1) is 9.77. The number of amides is 2. The van der Waals surface area contributed by atoms with Crippen LogP contribution < -0.4 is 10.4 Å². The number of benzene rings is 1. The molecule has 1 unspecified atom stereocenters. The van der Waals surface area contributed by atoms with Crippen molar-refractivity contribution in [3.8, 4) is 0 Å². The van der Waals surface area contributed by atoms with Crippen molar-refractivity contribution in [2.75, 3.05) is 5.01 Å². The number of rotatable bonds is 3. The maximum absolute atomic E-state index is 12.4. The highest BCUT2D eigenvalue weighted by Gasteiger charge is 2.45. The van der Waals surface area contributed by atoms with Crippen molar-refractivity contribution in [1.82, 2.24) is 5.43 Å². The fourth-order valence-electron chi connectivity index (χ4n) is 2.28. The van der Waals surface area contributed by atoms with Crippen molar-refractivity contribution in [3.05, 3.63) is 29.8 Å². The zero-order chi connectivity index (χ0) is 15.8. The lowest BCUT2D eigenvalue weighted by atomic mass is 9.74. The summed E-state index contributed by atoms with van der Waals surface area (Å²) in [5, 5.41) is 10.2. The highest BCUT2D eigenvalue weighted by atomic mass is 16.4. The Kier molecular flexibility index (Phi) is 3.72. The number of aromatic carboxylic acids is 1. The van der Waals surface area contributed by atoms with E-state index in [4.69, 9.17) is 0 Å². The number of hydrogen-bond acceptors (Lipinski definition) is 3. The molecule has 1 aromatic rings. The Hall–Kier alpha value is -2.37. The number of carboxylic acid groups (broad SMARTS) is 1. The van der Waals surface area contributed by atoms with Crippen LogP contribution in [0.4, 0.5) is 5.69 Å². The fourth-order valence-corrected chi connectivity index (χ4v) is 2.28. The predicted octanol–water partition coefficient (Wildman–Crippen LogP) is 1.81. The van der Waals surface area contributed by atoms with E-state index < -0.39 is 11.4 Å². The van der Waals surface area contributed by atoms with Crippen LogP contribution in [0.3, 0.4) is 0 Å². The van der Waals surface area contributed by atoms with Crippen LogP contribution in [0.5, 0.6) is 0 Å². The van der Waals surface area contributed by atoms with E-state index in [0.29, 0.717) is 0 Å². The second-order valence-electron chi connectivity index (χ2n) is 5.74. The summed E-state index contributed by atoms with van der Waals surface area (Å²) in [4.78, 5) is 35.9. The Balaban J connectivity index is 2.39. The molecule has 2 N–H and O–H groups in total. The molecule has 6 nitrogen and oxygen atoms in total. The standard InChI is InChI=1S/C15H18N2O4/c1-9(2)15(3)8-12(18)17(16-14(15)21)11-7-5-4-6-10(11)13(19)20/h4-7,9H,8H2,1-3H3,(H,16,21)(H,19,20). The van der Waals surface area contributed by atoms with E-state index in [-0.39, 0.29) is 35.4 Å². The van der Waals surface area contributed by atoms with Crippen molar-refractivity contribution in [2.24, 2.45) is 11.3 Å². The Morgan fingerprint density at radius 1 is 1.33 bits per heavy atom. The van der Waals surface area contributed by atoms with Crippen LogP contribution in [-0.2, 0) is 9.59 Å². The average Bonchev–Trinajstić information content (AvgIpc) is 2.42. The Morgan fingerprint density at radius 2 is 1.95 bits per heavy atom. The Bertz CT molecular complexity index is 611. The number of hydrogen-bond donors (Lipinski definition) is 2. The first kappa shape index (κ1) is 15.0. The molecule has 1 heterocycles. The summed E-state index contributed by atoms with van der Waals surface area (Å²) in [6.07, 6.45) is 0.0461. The molecule has 0 bridgehead atoms. The van der Waals surface area contributed by atoms with Gasteiger partial charge in [-0.3, -0.25) is 15.0 Å². The summed E-state index contributed by atoms with van der Waals surface area (Å²) in [6.45, 7) is 5.51. The second-order valence-corrected chi connectivity index (χ2v) is 5.74. The van der Waals surface area contributed by atoms with Gasteiger partial charge in [-0.1, -0.05) is 26.0 Å². The molecule has 1 aliphatic heterocycles. The largest absolute Gasteiger partial charge is 0.478 e. The van der Waals surface area contributed by atoms with Gasteiger partial charge in [0, 0.05) is 6.42 Å². The van der Waals surface area contributed by atoms with E-state index in [1.54, 1.807) is 19.1 Å². The second kappa shape index (κ2) is 5.20. The zero-order valence-electron chi connectivity index (χ0n) is 12.2. The van der Waals surface area contributed by atoms with Gasteiger partial charge in [0.05, 0.1) is 16.7 Å². The van der Waals surface area contributed by atoms with Crippen LogP contribution in [-0.4, -0.2) is 22.9 Å². The molecule has 1 fully saturated rings. The van der Waals surface area contributed by atoms with Crippen molar-refractivity contribution in [2.45, 2.75) is 27.2 Å². The van der Waals surface area contributed by atoms with E-state index >= 15 is 0 Å². The first-order valence-electron chi connectivity index (χ1n) is 6.73. The monoisotopic (exact) mass is 290 g/mol. The minimum atomic E-state index is -1.15. The van der Waals surface area contributed by atoms with Crippen molar-refractivity contribution in [1.29, 1.82) is 0 Å². The molecule has 1 atom stereocenters. The van der Waals surface area contributed by atoms with E-state index in [9.17, 15) is 19.5 Å². The number of carbonyl (C=O) groups excluding carboxylic acids is 2. The van der Waals surface area contributed by atoms with Crippen molar-refractivity contribution in [3.63, 3.8) is 0 Å². The number of anilines is 1. The van der Waals surface area contributed by atoms with Crippen molar-refractivity contribution >= 4 is 23.5 Å². The van der Waals surface area contributed by atoms with Gasteiger partial charge < -0.3 is 5.11 Å². The van der Waals surface area contributed by atoms with Crippen LogP contribution in [0.1, 0.15) is 37.6 Å². The topological polar surface area (TPSA) is 86.7 Å². The Labute approximate surface area is 122 Å². The molecule has 0 radical (unpaired) electrons. The van der Waals surface area contributed by atoms with Gasteiger partial charge in [-0.15, -0.1) is 0 Å². The lowest BCUT2D eigenvalue weighted by molar-refractivity contribution is -0.143. The molecule has 2 amide bonds. The molecule has 21 heavy (non-hydrogen) atoms. The average molecular weight is 290 g/mol. The maximum atomic E-state index is 12.4. The van der Waals surface area contributed by atoms with Gasteiger partial charge in [-0.05, 0) is 25.0 Å². The van der Waals surface area contributed by atoms with Crippen LogP contribution in [0.15, 0.2) is 24.3 Å². The van der Waals surface area contributed by atoms with Gasteiger partial charge in [-0.25, -0.2) is 9.80 Å². The van der Waals surface area contributed by atoms with E-state index in [1.807, 2.05) is 13.8 Å². The van der Waals surface area contributed by atoms with E-state index in [0.717, 1.165) is 5.01 Å². The molecule has 6 heteroatoms. The molecular weight excluding hydrogens is 272 g/mol. The summed E-state index contributed by atoms with van der Waals surface area (Å²) in [5.74, 6) is -1.75. The summed E-state index contributed by atoms with van der Waals surface area (Å²) in [6, 6.07) is 6.09. The molecule has 1 saturated heterocycles. The number of para-hydroxylation sites is 1. The van der Waals surface area contributed by atoms with Crippen LogP contribution in [0.25, 0.3) is 0 Å². The van der Waals surface area contributed by atoms with Crippen LogP contribution in [0.2, 0.25) is 0 Å². The number of carbonyl (C=O) groups is 3. The SMILES string of the molecule is CC(C)C1(C)CC(=O)N(c2ccccc2C(=O)O)NC1=O. The van der Waals surface area contributed by atoms with Gasteiger partial charge in [0.15, 0.2) is 0 Å². The minimum absolute atomic E-state index is 0.00156. The molecule has 2 rings (SSSR count). The molecule has 0 aromatic heterocycles. The van der Waals surface area contributed by atoms with E-state index in [2.05, 4.69) is 5.43 Å². The zero-order valence-corrected chi connectivity index (χ0v) is 12.2. The quantitative estimate of drug-likeness (QED) is 0.889. The highest BCUT2D eigenvalue weighted by molar-refractivity contribution is 6.07. The van der Waals surface area contributed by atoms with Gasteiger partial charge in [0.2, 0.25) is 11.8 Å². The lowest BCUT2D eigenvalue weighted by Crippen LogP contribution is -2.60. The predicted molar refractivity (Wildman–Crippen MR) is 76.6 cm³/mol. The first-order valence-corrected chi connectivity index (χ1v) is 6.73. The number of nitrogens with one attached hydrogen (secondary N) is 1. The lowest BCUT2D eigenvalue weighted by Gasteiger charge is -2.40. The van der Waals surface area contributed by atoms with Gasteiger partial charge in [0.25, 0.3) is 0 Å². The maximum Gasteiger partial charge on any atom is 0.337 e. The summed E-state index contributed by atoms with van der Waals surface area (Å²) in [7, 11) is 0. The molecule has 0 saturated carbocycles. The summed E-state index contributed by atoms with van der Waals surface area (Å²) in [5.41, 5.74) is 1.89. The van der Waals surface area contributed by atoms with Gasteiger partial charge >= 0.3 is 5.97 Å². The number of nitrogens with zero attached hydrogens (tertiary/aromatic N) is 1. The van der Waals surface area contributed by atoms with Crippen molar-refractivity contribution < 1.29 is 19.5 Å². The molecule has 1 aliphatic rings. The van der Waals surface area contributed by atoms with Gasteiger partial charge in [-0.2, -0.15) is 0 Å². The number of hydrazine groups is 1. The molecule has 0 spiro atoms. The molecule has 0 aliphatic carbocycles. The Morgan fingerprint density at radius 3 is 2.52 bits per heavy atom. The van der Waals surface area contributed by atoms with Crippen LogP contribution in [0, 0.1) is 11.3 Å². The minimum Gasteiger partial charge on any atom is -0.478 e. The third-order valence-electron chi connectivity index (χ3n) is 4.15. The van der Waals surface area contributed by atoms with Gasteiger partial charge in [0.1, 0.15) is 0 Å². The molecule has 112 valence electrons. The third kappa shape index (κ3) is 2.49. The molecular formula is C15H18N2O4. The summed E-state index contributed by atoms with van der Waals surface area (Å²) < 4.78 is 0. The molecule has 1 aromatic carbocycles. The normalized spacial score (nSPS) is 22.4.